The molecule has 2 unspecified atom stereocenters. The normalized spacial score (nSPS) is 29.6. The first-order valence-electron chi connectivity index (χ1n) is 10.2. The van der Waals surface area contributed by atoms with Gasteiger partial charge in [0.25, 0.3) is 0 Å². The lowest BCUT2D eigenvalue weighted by Crippen LogP contribution is -2.56. The van der Waals surface area contributed by atoms with E-state index in [1.165, 1.54) is 0 Å². The zero-order valence-corrected chi connectivity index (χ0v) is 18.4. The molecule has 2 heterocycles. The summed E-state index contributed by atoms with van der Waals surface area (Å²) in [5.74, 6) is 2.06. The Kier molecular flexibility index (Phi) is 7.56. The Morgan fingerprint density at radius 3 is 1.97 bits per heavy atom. The molecule has 4 rings (SSSR count). The maximum Gasteiger partial charge on any atom is 0.184 e. The number of thioether (sulfide) groups is 2. The molecule has 5 atom stereocenters. The molecular weight excluding hydrogens is 404 g/mol. The highest BCUT2D eigenvalue weighted by atomic mass is 32.2. The van der Waals surface area contributed by atoms with Crippen LogP contribution in [0.15, 0.2) is 60.7 Å². The molecule has 0 amide bonds. The summed E-state index contributed by atoms with van der Waals surface area (Å²) in [6.45, 7) is 4.88. The number of benzene rings is 2. The first-order valence-corrected chi connectivity index (χ1v) is 12.3. The van der Waals surface area contributed by atoms with Crippen molar-refractivity contribution in [3.63, 3.8) is 0 Å². The Labute approximate surface area is 181 Å². The molecule has 6 heteroatoms. The van der Waals surface area contributed by atoms with E-state index in [0.717, 1.165) is 22.6 Å². The summed E-state index contributed by atoms with van der Waals surface area (Å²) in [6, 6.07) is 20.2. The largest absolute Gasteiger partial charge is 0.346 e. The van der Waals surface area contributed by atoms with Crippen molar-refractivity contribution in [3.05, 3.63) is 71.8 Å². The average Bonchev–Trinajstić information content (AvgIpc) is 2.79. The summed E-state index contributed by atoms with van der Waals surface area (Å²) in [6.07, 6.45) is -1.20. The van der Waals surface area contributed by atoms with Crippen molar-refractivity contribution >= 4 is 23.5 Å². The zero-order chi connectivity index (χ0) is 20.1. The Bertz CT molecular complexity index is 739. The van der Waals surface area contributed by atoms with E-state index in [-0.39, 0.29) is 29.2 Å². The summed E-state index contributed by atoms with van der Waals surface area (Å²) >= 11 is 3.84. The van der Waals surface area contributed by atoms with Crippen LogP contribution in [0.25, 0.3) is 0 Å². The highest BCUT2D eigenvalue weighted by molar-refractivity contribution is 8.17. The molecule has 156 valence electrons. The van der Waals surface area contributed by atoms with Gasteiger partial charge in [-0.3, -0.25) is 0 Å². The van der Waals surface area contributed by atoms with Crippen molar-refractivity contribution in [2.24, 2.45) is 0 Å². The van der Waals surface area contributed by atoms with Gasteiger partial charge in [-0.2, -0.15) is 0 Å². The van der Waals surface area contributed by atoms with E-state index in [4.69, 9.17) is 18.9 Å². The smallest absolute Gasteiger partial charge is 0.184 e. The van der Waals surface area contributed by atoms with Crippen LogP contribution in [-0.2, 0) is 18.9 Å². The van der Waals surface area contributed by atoms with E-state index in [1.54, 1.807) is 0 Å². The molecule has 2 aromatic carbocycles. The molecule has 2 aliphatic heterocycles. The fraction of sp³-hybridized carbons (Fsp3) is 0.478. The van der Waals surface area contributed by atoms with Gasteiger partial charge in [-0.1, -0.05) is 74.5 Å². The summed E-state index contributed by atoms with van der Waals surface area (Å²) in [7, 11) is 0. The van der Waals surface area contributed by atoms with E-state index in [2.05, 4.69) is 13.8 Å². The molecule has 4 nitrogen and oxygen atoms in total. The lowest BCUT2D eigenvalue weighted by atomic mass is 10.0. The van der Waals surface area contributed by atoms with E-state index in [9.17, 15) is 0 Å². The molecule has 0 bridgehead atoms. The predicted octanol–water partition coefficient (Wildman–Crippen LogP) is 5.42. The van der Waals surface area contributed by atoms with Gasteiger partial charge in [0.1, 0.15) is 18.3 Å². The van der Waals surface area contributed by atoms with Crippen LogP contribution in [0.2, 0.25) is 0 Å². The van der Waals surface area contributed by atoms with Crippen LogP contribution >= 0.6 is 23.5 Å². The van der Waals surface area contributed by atoms with Crippen LogP contribution in [0, 0.1) is 0 Å². The quantitative estimate of drug-likeness (QED) is 0.544. The van der Waals surface area contributed by atoms with Gasteiger partial charge in [0.15, 0.2) is 12.6 Å². The number of hydrogen-bond donors (Lipinski definition) is 0. The molecular formula is C23H28O4S2. The van der Waals surface area contributed by atoms with Crippen molar-refractivity contribution < 1.29 is 18.9 Å². The Morgan fingerprint density at radius 1 is 0.793 bits per heavy atom. The van der Waals surface area contributed by atoms with Gasteiger partial charge in [0.2, 0.25) is 0 Å². The molecule has 0 aliphatic carbocycles. The van der Waals surface area contributed by atoms with Crippen molar-refractivity contribution in [2.75, 3.05) is 18.1 Å². The highest BCUT2D eigenvalue weighted by Gasteiger charge is 2.48. The lowest BCUT2D eigenvalue weighted by Gasteiger charge is -2.47. The summed E-state index contributed by atoms with van der Waals surface area (Å²) in [5, 5.41) is 0. The van der Waals surface area contributed by atoms with Crippen LogP contribution in [0.4, 0.5) is 0 Å². The monoisotopic (exact) mass is 432 g/mol. The summed E-state index contributed by atoms with van der Waals surface area (Å²) in [5.41, 5.74) is 2.06. The second-order valence-electron chi connectivity index (χ2n) is 6.97. The topological polar surface area (TPSA) is 36.9 Å². The maximum atomic E-state index is 6.55. The van der Waals surface area contributed by atoms with Crippen molar-refractivity contribution in [2.45, 2.75) is 49.3 Å². The minimum Gasteiger partial charge on any atom is -0.346 e. The molecule has 0 N–H and O–H groups in total. The molecule has 0 saturated carbocycles. The number of rotatable bonds is 7. The van der Waals surface area contributed by atoms with Gasteiger partial charge in [-0.15, -0.1) is 23.5 Å². The van der Waals surface area contributed by atoms with Gasteiger partial charge >= 0.3 is 0 Å². The molecule has 2 saturated heterocycles. The Morgan fingerprint density at radius 2 is 1.38 bits per heavy atom. The molecule has 0 aromatic heterocycles. The van der Waals surface area contributed by atoms with Crippen LogP contribution in [-0.4, -0.2) is 41.0 Å². The van der Waals surface area contributed by atoms with Gasteiger partial charge in [0, 0.05) is 11.1 Å². The second-order valence-corrected chi connectivity index (χ2v) is 10.1. The summed E-state index contributed by atoms with van der Waals surface area (Å²) < 4.78 is 25.6. The van der Waals surface area contributed by atoms with Gasteiger partial charge in [-0.05, 0) is 11.5 Å². The van der Waals surface area contributed by atoms with Gasteiger partial charge in [-0.25, -0.2) is 0 Å². The fourth-order valence-electron chi connectivity index (χ4n) is 3.70. The first kappa shape index (κ1) is 21.2. The molecule has 2 aliphatic rings. The van der Waals surface area contributed by atoms with Crippen LogP contribution in [0.1, 0.15) is 37.6 Å². The first-order chi connectivity index (χ1) is 14.3. The average molecular weight is 433 g/mol. The number of hydrogen-bond acceptors (Lipinski definition) is 6. The van der Waals surface area contributed by atoms with Crippen LogP contribution < -0.4 is 0 Å². The second kappa shape index (κ2) is 10.3. The Balaban J connectivity index is 1.59. The van der Waals surface area contributed by atoms with E-state index < -0.39 is 6.29 Å². The molecule has 0 radical (unpaired) electrons. The molecule has 2 aromatic rings. The van der Waals surface area contributed by atoms with Crippen LogP contribution in [0.3, 0.4) is 0 Å². The van der Waals surface area contributed by atoms with E-state index in [1.807, 2.05) is 84.2 Å². The predicted molar refractivity (Wildman–Crippen MR) is 119 cm³/mol. The molecule has 29 heavy (non-hydrogen) atoms. The third kappa shape index (κ3) is 5.01. The minimum absolute atomic E-state index is 0.0797. The van der Waals surface area contributed by atoms with E-state index in [0.29, 0.717) is 6.61 Å². The third-order valence-electron chi connectivity index (χ3n) is 5.04. The maximum absolute atomic E-state index is 6.55. The van der Waals surface area contributed by atoms with Gasteiger partial charge < -0.3 is 18.9 Å². The van der Waals surface area contributed by atoms with Crippen molar-refractivity contribution in [3.8, 4) is 0 Å². The zero-order valence-electron chi connectivity index (χ0n) is 16.8. The van der Waals surface area contributed by atoms with Crippen LogP contribution in [0.5, 0.6) is 0 Å². The Hall–Kier alpha value is -1.02. The molecule has 2 fully saturated rings. The fourth-order valence-corrected chi connectivity index (χ4v) is 6.38. The highest BCUT2D eigenvalue weighted by Crippen LogP contribution is 2.43. The van der Waals surface area contributed by atoms with E-state index >= 15 is 0 Å². The SMILES string of the molecule is CCSC(SCC)[C@@H]1OC(c2ccccc2)O[C@@H]2COC(c3ccccc3)O[C@H]21. The number of fused-ring (bicyclic) bond motifs is 1. The minimum atomic E-state index is -0.402. The van der Waals surface area contributed by atoms with Gasteiger partial charge in [0.05, 0.1) is 11.2 Å². The lowest BCUT2D eigenvalue weighted by molar-refractivity contribution is -0.361. The van der Waals surface area contributed by atoms with Crippen molar-refractivity contribution in [1.29, 1.82) is 0 Å². The summed E-state index contributed by atoms with van der Waals surface area (Å²) in [4.78, 5) is 0. The number of ether oxygens (including phenoxy) is 4. The molecule has 0 spiro atoms. The third-order valence-corrected chi connectivity index (χ3v) is 7.71. The van der Waals surface area contributed by atoms with Crippen molar-refractivity contribution in [1.82, 2.24) is 0 Å². The standard InChI is InChI=1S/C23H28O4S2/c1-3-28-23(29-4-2)20-19-18(25-22(27-20)17-13-9-6-10-14-17)15-24-21(26-19)16-11-7-5-8-12-16/h5-14,18-23H,3-4,15H2,1-2H3/t18-,19-,20-,21?,22?/m1/s1.